The average molecular weight is 396 g/mol. The zero-order valence-corrected chi connectivity index (χ0v) is 16.3. The van der Waals surface area contributed by atoms with Gasteiger partial charge in [-0.1, -0.05) is 12.5 Å². The monoisotopic (exact) mass is 396 g/mol. The average Bonchev–Trinajstić information content (AvgIpc) is 3.08. The first-order valence-corrected chi connectivity index (χ1v) is 9.80. The molecule has 1 atom stereocenters. The van der Waals surface area contributed by atoms with E-state index in [-0.39, 0.29) is 28.7 Å². The number of likely N-dealkylation sites (tertiary alicyclic amines) is 1. The molecule has 1 saturated heterocycles. The predicted molar refractivity (Wildman–Crippen MR) is 106 cm³/mol. The van der Waals surface area contributed by atoms with Crippen molar-refractivity contribution in [3.8, 4) is 5.75 Å². The molecule has 2 aliphatic rings. The summed E-state index contributed by atoms with van der Waals surface area (Å²) in [5.41, 5.74) is 1.03. The lowest BCUT2D eigenvalue weighted by atomic mass is 9.67. The standard InChI is InChI=1S/C21H24N4O4/c1-13-3-4-14(7-17(13)26)20(29)25-12-21(5-2-6-21)9-16(25)11-22-19(28)15-8-18(27)24-23-10-15/h3-4,7-8,10,16,26H,2,5-6,9,11-12H2,1H3,(H,22,28)(H,24,27). The summed E-state index contributed by atoms with van der Waals surface area (Å²) in [4.78, 5) is 38.7. The van der Waals surface area contributed by atoms with Crippen LogP contribution in [0.1, 0.15) is 52.0 Å². The minimum Gasteiger partial charge on any atom is -0.508 e. The van der Waals surface area contributed by atoms with Crippen LogP contribution in [0.2, 0.25) is 0 Å². The molecule has 1 unspecified atom stereocenters. The van der Waals surface area contributed by atoms with E-state index in [9.17, 15) is 19.5 Å². The number of carbonyl (C=O) groups excluding carboxylic acids is 2. The van der Waals surface area contributed by atoms with Crippen molar-refractivity contribution >= 4 is 11.8 Å². The Kier molecular flexibility index (Phi) is 4.86. The Morgan fingerprint density at radius 1 is 1.31 bits per heavy atom. The molecule has 1 spiro atoms. The van der Waals surface area contributed by atoms with Crippen molar-refractivity contribution in [3.63, 3.8) is 0 Å². The molecular weight excluding hydrogens is 372 g/mol. The molecule has 1 aliphatic heterocycles. The number of rotatable bonds is 4. The number of nitrogens with one attached hydrogen (secondary N) is 2. The number of nitrogens with zero attached hydrogens (tertiary/aromatic N) is 2. The molecule has 1 saturated carbocycles. The third kappa shape index (κ3) is 3.74. The second-order valence-corrected chi connectivity index (χ2v) is 8.19. The number of aromatic amines is 1. The van der Waals surface area contributed by atoms with E-state index in [0.29, 0.717) is 24.2 Å². The van der Waals surface area contributed by atoms with Crippen LogP contribution in [0.3, 0.4) is 0 Å². The first kappa shape index (κ1) is 19.2. The predicted octanol–water partition coefficient (Wildman–Crippen LogP) is 1.60. The van der Waals surface area contributed by atoms with Crippen LogP contribution in [0.5, 0.6) is 5.75 Å². The van der Waals surface area contributed by atoms with Crippen molar-refractivity contribution in [2.75, 3.05) is 13.1 Å². The third-order valence-electron chi connectivity index (χ3n) is 6.17. The first-order valence-electron chi connectivity index (χ1n) is 9.80. The van der Waals surface area contributed by atoms with E-state index in [1.165, 1.54) is 18.3 Å². The molecule has 0 bridgehead atoms. The Labute approximate surface area is 167 Å². The van der Waals surface area contributed by atoms with Gasteiger partial charge in [0, 0.05) is 30.8 Å². The van der Waals surface area contributed by atoms with Gasteiger partial charge in [0.2, 0.25) is 0 Å². The summed E-state index contributed by atoms with van der Waals surface area (Å²) in [7, 11) is 0. The summed E-state index contributed by atoms with van der Waals surface area (Å²) in [5.74, 6) is -0.431. The van der Waals surface area contributed by atoms with Gasteiger partial charge in [0.05, 0.1) is 11.8 Å². The fraction of sp³-hybridized carbons (Fsp3) is 0.429. The number of amides is 2. The van der Waals surface area contributed by atoms with Crippen LogP contribution in [0.25, 0.3) is 0 Å². The molecule has 1 aliphatic carbocycles. The van der Waals surface area contributed by atoms with Crippen LogP contribution in [0.15, 0.2) is 35.3 Å². The van der Waals surface area contributed by atoms with Crippen molar-refractivity contribution in [2.45, 2.75) is 38.6 Å². The van der Waals surface area contributed by atoms with Gasteiger partial charge >= 0.3 is 0 Å². The van der Waals surface area contributed by atoms with Gasteiger partial charge in [-0.15, -0.1) is 0 Å². The van der Waals surface area contributed by atoms with Gasteiger partial charge in [-0.2, -0.15) is 5.10 Å². The molecule has 4 rings (SSSR count). The summed E-state index contributed by atoms with van der Waals surface area (Å²) in [5, 5.41) is 18.7. The largest absolute Gasteiger partial charge is 0.508 e. The highest BCUT2D eigenvalue weighted by atomic mass is 16.3. The normalized spacial score (nSPS) is 19.8. The van der Waals surface area contributed by atoms with E-state index in [1.807, 2.05) is 4.90 Å². The van der Waals surface area contributed by atoms with E-state index in [4.69, 9.17) is 0 Å². The summed E-state index contributed by atoms with van der Waals surface area (Å²) < 4.78 is 0. The second-order valence-electron chi connectivity index (χ2n) is 8.19. The van der Waals surface area contributed by atoms with Crippen LogP contribution in [-0.2, 0) is 0 Å². The summed E-state index contributed by atoms with van der Waals surface area (Å²) in [6.45, 7) is 2.75. The van der Waals surface area contributed by atoms with Gasteiger partial charge in [0.1, 0.15) is 5.75 Å². The minimum atomic E-state index is -0.442. The highest BCUT2D eigenvalue weighted by Gasteiger charge is 2.49. The molecule has 8 nitrogen and oxygen atoms in total. The molecule has 0 radical (unpaired) electrons. The lowest BCUT2D eigenvalue weighted by Crippen LogP contribution is -2.43. The van der Waals surface area contributed by atoms with Crippen LogP contribution < -0.4 is 10.9 Å². The van der Waals surface area contributed by atoms with Gasteiger partial charge in [-0.05, 0) is 49.3 Å². The highest BCUT2D eigenvalue weighted by Crippen LogP contribution is 2.50. The van der Waals surface area contributed by atoms with Crippen LogP contribution in [0, 0.1) is 12.3 Å². The van der Waals surface area contributed by atoms with Crippen LogP contribution in [-0.4, -0.2) is 51.1 Å². The molecular formula is C21H24N4O4. The molecule has 1 aromatic carbocycles. The minimum absolute atomic E-state index is 0.0973. The fourth-order valence-electron chi connectivity index (χ4n) is 4.35. The lowest BCUT2D eigenvalue weighted by molar-refractivity contribution is 0.0686. The van der Waals surface area contributed by atoms with Crippen molar-refractivity contribution in [3.05, 3.63) is 57.5 Å². The van der Waals surface area contributed by atoms with Crippen LogP contribution in [0.4, 0.5) is 0 Å². The molecule has 152 valence electrons. The van der Waals surface area contributed by atoms with Crippen molar-refractivity contribution in [2.24, 2.45) is 5.41 Å². The smallest absolute Gasteiger partial charge is 0.264 e. The van der Waals surface area contributed by atoms with E-state index in [0.717, 1.165) is 25.7 Å². The quantitative estimate of drug-likeness (QED) is 0.726. The molecule has 3 N–H and O–H groups in total. The molecule has 2 fully saturated rings. The topological polar surface area (TPSA) is 115 Å². The van der Waals surface area contributed by atoms with Gasteiger partial charge in [0.25, 0.3) is 17.4 Å². The van der Waals surface area contributed by atoms with Gasteiger partial charge in [0.15, 0.2) is 0 Å². The number of carbonyl (C=O) groups is 2. The number of aryl methyl sites for hydroxylation is 1. The van der Waals surface area contributed by atoms with Crippen LogP contribution >= 0.6 is 0 Å². The molecule has 2 heterocycles. The number of H-pyrrole nitrogens is 1. The van der Waals surface area contributed by atoms with E-state index in [2.05, 4.69) is 15.5 Å². The van der Waals surface area contributed by atoms with Gasteiger partial charge in [-0.3, -0.25) is 14.4 Å². The Balaban J connectivity index is 1.50. The fourth-order valence-corrected chi connectivity index (χ4v) is 4.35. The molecule has 8 heteroatoms. The molecule has 2 amide bonds. The highest BCUT2D eigenvalue weighted by molar-refractivity contribution is 5.96. The number of phenols is 1. The molecule has 2 aromatic rings. The Hall–Kier alpha value is -3.16. The molecule has 29 heavy (non-hydrogen) atoms. The number of phenolic OH excluding ortho intramolecular Hbond substituents is 1. The number of benzene rings is 1. The maximum absolute atomic E-state index is 13.2. The first-order chi connectivity index (χ1) is 13.9. The maximum atomic E-state index is 13.2. The Morgan fingerprint density at radius 2 is 2.10 bits per heavy atom. The maximum Gasteiger partial charge on any atom is 0.264 e. The Morgan fingerprint density at radius 3 is 2.76 bits per heavy atom. The summed E-state index contributed by atoms with van der Waals surface area (Å²) in [6.07, 6.45) is 5.46. The lowest BCUT2D eigenvalue weighted by Gasteiger charge is -2.37. The Bertz CT molecular complexity index is 1010. The number of aromatic hydroxyl groups is 1. The van der Waals surface area contributed by atoms with Gasteiger partial charge < -0.3 is 15.3 Å². The SMILES string of the molecule is Cc1ccc(C(=O)N2CC3(CCC3)CC2CNC(=O)c2cn[nH]c(=O)c2)cc1O. The van der Waals surface area contributed by atoms with Crippen molar-refractivity contribution in [1.29, 1.82) is 0 Å². The molecule has 1 aromatic heterocycles. The number of hydrogen-bond acceptors (Lipinski definition) is 5. The zero-order valence-electron chi connectivity index (χ0n) is 16.3. The van der Waals surface area contributed by atoms with Crippen molar-refractivity contribution < 1.29 is 14.7 Å². The van der Waals surface area contributed by atoms with E-state index in [1.54, 1.807) is 19.1 Å². The summed E-state index contributed by atoms with van der Waals surface area (Å²) >= 11 is 0. The number of hydrogen-bond donors (Lipinski definition) is 3. The van der Waals surface area contributed by atoms with E-state index >= 15 is 0 Å². The second kappa shape index (κ2) is 7.35. The number of aromatic nitrogens is 2. The third-order valence-corrected chi connectivity index (χ3v) is 6.17. The van der Waals surface area contributed by atoms with Crippen molar-refractivity contribution in [1.82, 2.24) is 20.4 Å². The zero-order chi connectivity index (χ0) is 20.6. The van der Waals surface area contributed by atoms with E-state index < -0.39 is 11.5 Å². The summed E-state index contributed by atoms with van der Waals surface area (Å²) in [6, 6.07) is 6.02. The van der Waals surface area contributed by atoms with Gasteiger partial charge in [-0.25, -0.2) is 5.10 Å².